The van der Waals surface area contributed by atoms with Crippen LogP contribution >= 0.6 is 23.2 Å². The van der Waals surface area contributed by atoms with Crippen LogP contribution in [-0.4, -0.2) is 17.8 Å². The summed E-state index contributed by atoms with van der Waals surface area (Å²) in [6.07, 6.45) is -3.10. The van der Waals surface area contributed by atoms with Gasteiger partial charge in [-0.15, -0.1) is 11.6 Å². The van der Waals surface area contributed by atoms with Crippen molar-refractivity contribution >= 4 is 23.2 Å². The van der Waals surface area contributed by atoms with E-state index in [-0.39, 0.29) is 16.8 Å². The van der Waals surface area contributed by atoms with E-state index in [2.05, 4.69) is 9.72 Å². The van der Waals surface area contributed by atoms with Gasteiger partial charge in [-0.2, -0.15) is 13.2 Å². The van der Waals surface area contributed by atoms with Gasteiger partial charge in [0.05, 0.1) is 0 Å². The zero-order valence-electron chi connectivity index (χ0n) is 7.31. The van der Waals surface area contributed by atoms with Gasteiger partial charge in [-0.05, 0) is 11.6 Å². The number of halogens is 5. The number of aromatic nitrogens is 1. The van der Waals surface area contributed by atoms with Crippen molar-refractivity contribution in [2.45, 2.75) is 12.1 Å². The molecule has 0 aliphatic rings. The zero-order chi connectivity index (χ0) is 11.5. The predicted octanol–water partition coefficient (Wildman–Crippen LogP) is 3.41. The molecule has 0 radical (unpaired) electrons. The molecule has 1 heterocycles. The fraction of sp³-hybridized carbons (Fsp3) is 0.375. The Bertz CT molecular complexity index is 343. The highest BCUT2D eigenvalue weighted by atomic mass is 35.5. The topological polar surface area (TPSA) is 22.1 Å². The lowest BCUT2D eigenvalue weighted by atomic mass is 10.3. The van der Waals surface area contributed by atoms with E-state index in [1.54, 1.807) is 0 Å². The molecule has 0 unspecified atom stereocenters. The van der Waals surface area contributed by atoms with Gasteiger partial charge >= 0.3 is 6.18 Å². The van der Waals surface area contributed by atoms with Crippen LogP contribution in [0, 0.1) is 0 Å². The van der Waals surface area contributed by atoms with E-state index in [1.807, 2.05) is 0 Å². The van der Waals surface area contributed by atoms with Crippen LogP contribution in [0.3, 0.4) is 0 Å². The summed E-state index contributed by atoms with van der Waals surface area (Å²) in [5.74, 6) is -0.0606. The molecule has 15 heavy (non-hydrogen) atoms. The third-order valence-electron chi connectivity index (χ3n) is 1.39. The van der Waals surface area contributed by atoms with Gasteiger partial charge in [-0.25, -0.2) is 4.98 Å². The van der Waals surface area contributed by atoms with Crippen LogP contribution < -0.4 is 4.74 Å². The molecule has 7 heteroatoms. The Morgan fingerprint density at radius 2 is 2.07 bits per heavy atom. The van der Waals surface area contributed by atoms with Crippen molar-refractivity contribution < 1.29 is 17.9 Å². The lowest BCUT2D eigenvalue weighted by Crippen LogP contribution is -2.19. The second-order valence-corrected chi connectivity index (χ2v) is 3.34. The van der Waals surface area contributed by atoms with Gasteiger partial charge < -0.3 is 4.74 Å². The van der Waals surface area contributed by atoms with E-state index >= 15 is 0 Å². The summed E-state index contributed by atoms with van der Waals surface area (Å²) in [6, 6.07) is 1.41. The SMILES string of the molecule is FC(F)(F)COc1ncc(CCl)cc1Cl. The molecule has 1 aromatic heterocycles. The lowest BCUT2D eigenvalue weighted by Gasteiger charge is -2.09. The first-order valence-corrected chi connectivity index (χ1v) is 4.73. The number of rotatable bonds is 3. The van der Waals surface area contributed by atoms with Gasteiger partial charge in [0.1, 0.15) is 5.02 Å². The molecule has 0 aliphatic carbocycles. The van der Waals surface area contributed by atoms with Gasteiger partial charge in [0.15, 0.2) is 6.61 Å². The normalized spacial score (nSPS) is 11.5. The Balaban J connectivity index is 2.70. The summed E-state index contributed by atoms with van der Waals surface area (Å²) in [4.78, 5) is 3.61. The Morgan fingerprint density at radius 1 is 1.40 bits per heavy atom. The first kappa shape index (κ1) is 12.4. The van der Waals surface area contributed by atoms with Gasteiger partial charge in [-0.3, -0.25) is 0 Å². The average molecular weight is 260 g/mol. The largest absolute Gasteiger partial charge is 0.467 e. The number of hydrogen-bond donors (Lipinski definition) is 0. The Labute approximate surface area is 94.0 Å². The maximum absolute atomic E-state index is 11.8. The second kappa shape index (κ2) is 4.90. The maximum atomic E-state index is 11.8. The van der Waals surface area contributed by atoms with Gasteiger partial charge in [0.25, 0.3) is 0 Å². The Morgan fingerprint density at radius 3 is 2.53 bits per heavy atom. The quantitative estimate of drug-likeness (QED) is 0.777. The van der Waals surface area contributed by atoms with E-state index in [1.165, 1.54) is 12.3 Å². The van der Waals surface area contributed by atoms with Crippen LogP contribution in [0.25, 0.3) is 0 Å². The maximum Gasteiger partial charge on any atom is 0.422 e. The van der Waals surface area contributed by atoms with Crippen LogP contribution in [0.15, 0.2) is 12.3 Å². The second-order valence-electron chi connectivity index (χ2n) is 2.67. The monoisotopic (exact) mass is 259 g/mol. The van der Waals surface area contributed by atoms with E-state index in [4.69, 9.17) is 23.2 Å². The molecule has 0 atom stereocenters. The van der Waals surface area contributed by atoms with Crippen LogP contribution in [0.4, 0.5) is 13.2 Å². The summed E-state index contributed by atoms with van der Waals surface area (Å²) in [5.41, 5.74) is 0.612. The molecule has 0 aromatic carbocycles. The Kier molecular flexibility index (Phi) is 4.04. The summed E-state index contributed by atoms with van der Waals surface area (Å²) in [6.45, 7) is -1.42. The molecule has 1 aromatic rings. The van der Waals surface area contributed by atoms with Crippen LogP contribution in [0.5, 0.6) is 5.88 Å². The molecule has 0 saturated heterocycles. The molecule has 0 saturated carbocycles. The molecule has 0 amide bonds. The third-order valence-corrected chi connectivity index (χ3v) is 1.97. The lowest BCUT2D eigenvalue weighted by molar-refractivity contribution is -0.154. The highest BCUT2D eigenvalue weighted by molar-refractivity contribution is 6.32. The van der Waals surface area contributed by atoms with Crippen LogP contribution in [0.2, 0.25) is 5.02 Å². The summed E-state index contributed by atoms with van der Waals surface area (Å²) >= 11 is 11.1. The van der Waals surface area contributed by atoms with Crippen molar-refractivity contribution in [3.05, 3.63) is 22.8 Å². The first-order chi connectivity index (χ1) is 6.92. The molecule has 0 aliphatic heterocycles. The van der Waals surface area contributed by atoms with E-state index < -0.39 is 12.8 Å². The number of pyridine rings is 1. The molecule has 1 rings (SSSR count). The van der Waals surface area contributed by atoms with Gasteiger partial charge in [0.2, 0.25) is 5.88 Å². The standard InChI is InChI=1S/C8H6Cl2F3NO/c9-2-5-1-6(10)7(14-3-5)15-4-8(11,12)13/h1,3H,2,4H2. The van der Waals surface area contributed by atoms with Crippen molar-refractivity contribution in [3.8, 4) is 5.88 Å². The molecule has 0 N–H and O–H groups in total. The fourth-order valence-corrected chi connectivity index (χ4v) is 1.18. The molecular formula is C8H6Cl2F3NO. The molecular weight excluding hydrogens is 254 g/mol. The molecule has 84 valence electrons. The Hall–Kier alpha value is -0.680. The van der Waals surface area contributed by atoms with Crippen molar-refractivity contribution in [2.75, 3.05) is 6.61 Å². The number of nitrogens with zero attached hydrogens (tertiary/aromatic N) is 1. The highest BCUT2D eigenvalue weighted by Crippen LogP contribution is 2.25. The van der Waals surface area contributed by atoms with Crippen molar-refractivity contribution in [1.82, 2.24) is 4.98 Å². The summed E-state index contributed by atoms with van der Waals surface area (Å²) < 4.78 is 39.8. The summed E-state index contributed by atoms with van der Waals surface area (Å²) in [7, 11) is 0. The minimum absolute atomic E-state index is 0.0115. The molecule has 2 nitrogen and oxygen atoms in total. The number of alkyl halides is 4. The first-order valence-electron chi connectivity index (χ1n) is 3.82. The van der Waals surface area contributed by atoms with Crippen LogP contribution in [0.1, 0.15) is 5.56 Å². The van der Waals surface area contributed by atoms with Gasteiger partial charge in [0, 0.05) is 12.1 Å². The molecule has 0 fully saturated rings. The van der Waals surface area contributed by atoms with Gasteiger partial charge in [-0.1, -0.05) is 11.6 Å². The molecule has 0 spiro atoms. The van der Waals surface area contributed by atoms with E-state index in [9.17, 15) is 13.2 Å². The van der Waals surface area contributed by atoms with Crippen molar-refractivity contribution in [1.29, 1.82) is 0 Å². The number of hydrogen-bond acceptors (Lipinski definition) is 2. The minimum atomic E-state index is -4.41. The summed E-state index contributed by atoms with van der Waals surface area (Å²) in [5, 5.41) is 0.0115. The number of ether oxygens (including phenoxy) is 1. The zero-order valence-corrected chi connectivity index (χ0v) is 8.83. The molecule has 0 bridgehead atoms. The average Bonchev–Trinajstić information content (AvgIpc) is 2.14. The van der Waals surface area contributed by atoms with E-state index in [0.717, 1.165) is 0 Å². The minimum Gasteiger partial charge on any atom is -0.467 e. The predicted molar refractivity (Wildman–Crippen MR) is 50.4 cm³/mol. The van der Waals surface area contributed by atoms with E-state index in [0.29, 0.717) is 5.56 Å². The van der Waals surface area contributed by atoms with Crippen molar-refractivity contribution in [2.24, 2.45) is 0 Å². The highest BCUT2D eigenvalue weighted by Gasteiger charge is 2.29. The van der Waals surface area contributed by atoms with Crippen molar-refractivity contribution in [3.63, 3.8) is 0 Å². The van der Waals surface area contributed by atoms with Crippen LogP contribution in [-0.2, 0) is 5.88 Å². The fourth-order valence-electron chi connectivity index (χ4n) is 0.794. The third kappa shape index (κ3) is 4.13. The smallest absolute Gasteiger partial charge is 0.422 e.